The number of para-hydroxylation sites is 4. The molecular formula is C44H47N5O6. The van der Waals surface area contributed by atoms with Crippen molar-refractivity contribution < 1.29 is 28.8 Å². The summed E-state index contributed by atoms with van der Waals surface area (Å²) in [6.45, 7) is 7.14. The van der Waals surface area contributed by atoms with E-state index in [9.17, 15) is 4.79 Å². The molecule has 6 aromatic rings. The van der Waals surface area contributed by atoms with Crippen molar-refractivity contribution in [2.45, 2.75) is 39.9 Å². The molecule has 0 aliphatic rings. The summed E-state index contributed by atoms with van der Waals surface area (Å²) in [6.07, 6.45) is 1.69. The lowest BCUT2D eigenvalue weighted by Crippen LogP contribution is -2.12. The van der Waals surface area contributed by atoms with Gasteiger partial charge in [0, 0.05) is 48.2 Å². The second-order valence-electron chi connectivity index (χ2n) is 12.7. The monoisotopic (exact) mass is 741 g/mol. The maximum Gasteiger partial charge on any atom is 0.341 e. The standard InChI is InChI=1S/C22H23N3O2.C22H24N2O4/c1-17-6-4-8-19(22(17)27-15-12-23)16-26-14-5-13-24-21-11-10-18-7-2-3-9-20(18)25-21;1-16-6-4-8-18(22(16)28-15-21(25)26)14-27-13-5-12-23-20-11-10-17-7-2-3-9-19(17)24-20/h2-4,6-11H,5,13-16H2,1H3,(H,24,25);2-4,6-11H,5,12-15H2,1H3,(H,23,24)(H,25,26). The number of carboxylic acid groups (broad SMARTS) is 1. The van der Waals surface area contributed by atoms with E-state index in [0.717, 1.165) is 87.4 Å². The Balaban J connectivity index is 0.000000211. The molecule has 0 saturated heterocycles. The number of ether oxygens (including phenoxy) is 4. The number of anilines is 2. The van der Waals surface area contributed by atoms with Crippen molar-refractivity contribution in [1.29, 1.82) is 5.26 Å². The molecule has 0 saturated carbocycles. The van der Waals surface area contributed by atoms with Crippen LogP contribution in [0.2, 0.25) is 0 Å². The van der Waals surface area contributed by atoms with E-state index >= 15 is 0 Å². The molecule has 55 heavy (non-hydrogen) atoms. The van der Waals surface area contributed by atoms with Gasteiger partial charge < -0.3 is 34.7 Å². The van der Waals surface area contributed by atoms with Crippen LogP contribution in [-0.4, -0.2) is 60.6 Å². The number of nitriles is 1. The van der Waals surface area contributed by atoms with E-state index in [0.29, 0.717) is 32.2 Å². The number of rotatable bonds is 19. The van der Waals surface area contributed by atoms with Gasteiger partial charge in [0.15, 0.2) is 13.2 Å². The molecule has 0 bridgehead atoms. The van der Waals surface area contributed by atoms with Crippen molar-refractivity contribution in [1.82, 2.24) is 9.97 Å². The Hall–Kier alpha value is -6.22. The van der Waals surface area contributed by atoms with Crippen molar-refractivity contribution in [3.05, 3.63) is 131 Å². The fourth-order valence-corrected chi connectivity index (χ4v) is 5.78. The number of carbonyl (C=O) groups is 1. The van der Waals surface area contributed by atoms with Gasteiger partial charge in [-0.15, -0.1) is 0 Å². The van der Waals surface area contributed by atoms with E-state index < -0.39 is 5.97 Å². The summed E-state index contributed by atoms with van der Waals surface area (Å²) >= 11 is 0. The van der Waals surface area contributed by atoms with Crippen LogP contribution in [0.15, 0.2) is 109 Å². The van der Waals surface area contributed by atoms with Gasteiger partial charge in [-0.05, 0) is 74.2 Å². The van der Waals surface area contributed by atoms with Crippen molar-refractivity contribution in [3.63, 3.8) is 0 Å². The zero-order valence-corrected chi connectivity index (χ0v) is 31.3. The van der Waals surface area contributed by atoms with Crippen LogP contribution in [0.1, 0.15) is 35.1 Å². The van der Waals surface area contributed by atoms with Crippen molar-refractivity contribution >= 4 is 39.4 Å². The lowest BCUT2D eigenvalue weighted by atomic mass is 10.1. The molecule has 284 valence electrons. The quantitative estimate of drug-likeness (QED) is 0.0687. The third kappa shape index (κ3) is 12.7. The Morgan fingerprint density at radius 2 is 1.15 bits per heavy atom. The van der Waals surface area contributed by atoms with Gasteiger partial charge in [0.05, 0.1) is 24.2 Å². The van der Waals surface area contributed by atoms with Crippen molar-refractivity contribution in [2.24, 2.45) is 0 Å². The zero-order valence-electron chi connectivity index (χ0n) is 31.3. The topological polar surface area (TPSA) is 148 Å². The highest BCUT2D eigenvalue weighted by molar-refractivity contribution is 5.80. The summed E-state index contributed by atoms with van der Waals surface area (Å²) in [5.74, 6) is 2.06. The first-order chi connectivity index (χ1) is 26.9. The lowest BCUT2D eigenvalue weighted by molar-refractivity contribution is -0.139. The number of aromatic nitrogens is 2. The predicted molar refractivity (Wildman–Crippen MR) is 216 cm³/mol. The van der Waals surface area contributed by atoms with Gasteiger partial charge in [-0.1, -0.05) is 72.8 Å². The van der Waals surface area contributed by atoms with Gasteiger partial charge in [-0.3, -0.25) is 0 Å². The summed E-state index contributed by atoms with van der Waals surface area (Å²) in [4.78, 5) is 19.9. The van der Waals surface area contributed by atoms with Gasteiger partial charge in [-0.2, -0.15) is 5.26 Å². The Morgan fingerprint density at radius 3 is 1.64 bits per heavy atom. The summed E-state index contributed by atoms with van der Waals surface area (Å²) in [7, 11) is 0. The molecule has 11 nitrogen and oxygen atoms in total. The maximum absolute atomic E-state index is 10.7. The second kappa shape index (κ2) is 21.5. The van der Waals surface area contributed by atoms with E-state index in [1.54, 1.807) is 0 Å². The summed E-state index contributed by atoms with van der Waals surface area (Å²) < 4.78 is 22.4. The molecule has 0 aliphatic heterocycles. The molecule has 0 radical (unpaired) electrons. The SMILES string of the molecule is Cc1cccc(COCCCNc2ccc3ccccc3n2)c1OCC#N.Cc1cccc(COCCCNc2ccc3ccccc3n2)c1OCC(=O)O. The molecule has 0 aliphatic carbocycles. The number of aryl methyl sites for hydroxylation is 2. The molecular weight excluding hydrogens is 695 g/mol. The van der Waals surface area contributed by atoms with Crippen LogP contribution in [-0.2, 0) is 27.5 Å². The minimum Gasteiger partial charge on any atom is -0.481 e. The first-order valence-electron chi connectivity index (χ1n) is 18.3. The summed E-state index contributed by atoms with van der Waals surface area (Å²) in [5.41, 5.74) is 5.68. The number of nitrogens with one attached hydrogen (secondary N) is 2. The number of aliphatic carboxylic acids is 1. The number of fused-ring (bicyclic) bond motifs is 2. The second-order valence-corrected chi connectivity index (χ2v) is 12.7. The van der Waals surface area contributed by atoms with Gasteiger partial charge in [-0.25, -0.2) is 14.8 Å². The molecule has 2 aromatic heterocycles. The molecule has 3 N–H and O–H groups in total. The molecule has 0 atom stereocenters. The number of hydrogen-bond acceptors (Lipinski definition) is 10. The fourth-order valence-electron chi connectivity index (χ4n) is 5.78. The largest absolute Gasteiger partial charge is 0.481 e. The number of carboxylic acids is 1. The summed E-state index contributed by atoms with van der Waals surface area (Å²) in [6, 6.07) is 37.8. The van der Waals surface area contributed by atoms with Gasteiger partial charge >= 0.3 is 5.97 Å². The molecule has 0 spiro atoms. The van der Waals surface area contributed by atoms with Crippen LogP contribution in [0.25, 0.3) is 21.8 Å². The molecule has 2 heterocycles. The molecule has 11 heteroatoms. The van der Waals surface area contributed by atoms with Crippen LogP contribution >= 0.6 is 0 Å². The van der Waals surface area contributed by atoms with Crippen LogP contribution in [0.4, 0.5) is 11.6 Å². The van der Waals surface area contributed by atoms with Crippen LogP contribution < -0.4 is 20.1 Å². The first kappa shape index (κ1) is 40.0. The van der Waals surface area contributed by atoms with Gasteiger partial charge in [0.25, 0.3) is 0 Å². The van der Waals surface area contributed by atoms with E-state index in [2.05, 4.69) is 38.8 Å². The highest BCUT2D eigenvalue weighted by Crippen LogP contribution is 2.25. The zero-order chi connectivity index (χ0) is 38.7. The lowest BCUT2D eigenvalue weighted by Gasteiger charge is -2.13. The smallest absolute Gasteiger partial charge is 0.341 e. The number of benzene rings is 4. The Kier molecular flexibility index (Phi) is 15.6. The van der Waals surface area contributed by atoms with Gasteiger partial charge in [0.1, 0.15) is 29.2 Å². The highest BCUT2D eigenvalue weighted by atomic mass is 16.5. The predicted octanol–water partition coefficient (Wildman–Crippen LogP) is 8.49. The van der Waals surface area contributed by atoms with Crippen molar-refractivity contribution in [2.75, 3.05) is 50.2 Å². The fraction of sp³-hybridized carbons (Fsp3) is 0.273. The number of nitrogens with zero attached hydrogens (tertiary/aromatic N) is 3. The highest BCUT2D eigenvalue weighted by Gasteiger charge is 2.10. The average molecular weight is 742 g/mol. The molecule has 0 amide bonds. The third-order valence-corrected chi connectivity index (χ3v) is 8.46. The first-order valence-corrected chi connectivity index (χ1v) is 18.3. The Bertz CT molecular complexity index is 2190. The Labute approximate surface area is 321 Å². The Morgan fingerprint density at radius 1 is 0.655 bits per heavy atom. The van der Waals surface area contributed by atoms with E-state index in [4.69, 9.17) is 29.3 Å². The van der Waals surface area contributed by atoms with Crippen LogP contribution in [0.5, 0.6) is 11.5 Å². The van der Waals surface area contributed by atoms with E-state index in [1.807, 2.05) is 111 Å². The summed E-state index contributed by atoms with van der Waals surface area (Å²) in [5, 5.41) is 26.4. The molecule has 0 fully saturated rings. The molecule has 4 aromatic carbocycles. The maximum atomic E-state index is 10.7. The molecule has 0 unspecified atom stereocenters. The minimum atomic E-state index is -0.997. The molecule has 6 rings (SSSR count). The van der Waals surface area contributed by atoms with Gasteiger partial charge in [0.2, 0.25) is 0 Å². The minimum absolute atomic E-state index is 0.0422. The van der Waals surface area contributed by atoms with E-state index in [1.165, 1.54) is 0 Å². The number of hydrogen-bond donors (Lipinski definition) is 3. The normalized spacial score (nSPS) is 10.6. The van der Waals surface area contributed by atoms with Crippen LogP contribution in [0, 0.1) is 25.2 Å². The number of pyridine rings is 2. The van der Waals surface area contributed by atoms with Crippen LogP contribution in [0.3, 0.4) is 0 Å². The average Bonchev–Trinajstić information content (AvgIpc) is 3.20. The third-order valence-electron chi connectivity index (χ3n) is 8.46. The van der Waals surface area contributed by atoms with E-state index in [-0.39, 0.29) is 13.2 Å². The van der Waals surface area contributed by atoms with Crippen molar-refractivity contribution in [3.8, 4) is 17.6 Å².